The molecule has 0 atom stereocenters. The van der Waals surface area contributed by atoms with Crippen LogP contribution in [0, 0.1) is 6.92 Å². The van der Waals surface area contributed by atoms with E-state index in [4.69, 9.17) is 5.11 Å². The fourth-order valence-electron chi connectivity index (χ4n) is 2.04. The van der Waals surface area contributed by atoms with Gasteiger partial charge in [-0.1, -0.05) is 0 Å². The van der Waals surface area contributed by atoms with E-state index >= 15 is 0 Å². The highest BCUT2D eigenvalue weighted by atomic mass is 32.1. The summed E-state index contributed by atoms with van der Waals surface area (Å²) in [5, 5.41) is 10.5. The predicted octanol–water partition coefficient (Wildman–Crippen LogP) is 1.36. The summed E-state index contributed by atoms with van der Waals surface area (Å²) in [4.78, 5) is 29.6. The van der Waals surface area contributed by atoms with Crippen molar-refractivity contribution in [2.75, 3.05) is 13.6 Å². The van der Waals surface area contributed by atoms with Gasteiger partial charge in [0, 0.05) is 30.1 Å². The van der Waals surface area contributed by atoms with Crippen molar-refractivity contribution in [3.05, 3.63) is 33.2 Å². The molecule has 0 saturated heterocycles. The van der Waals surface area contributed by atoms with E-state index in [1.165, 1.54) is 11.3 Å². The summed E-state index contributed by atoms with van der Waals surface area (Å²) in [6, 6.07) is 1.54. The second-order valence-corrected chi connectivity index (χ2v) is 5.65. The monoisotopic (exact) mass is 295 g/mol. The van der Waals surface area contributed by atoms with Crippen LogP contribution in [0.2, 0.25) is 0 Å². The number of aliphatic carboxylic acids is 1. The van der Waals surface area contributed by atoms with Crippen LogP contribution in [0.4, 0.5) is 0 Å². The van der Waals surface area contributed by atoms with Gasteiger partial charge >= 0.3 is 5.97 Å². The third-order valence-corrected chi connectivity index (χ3v) is 3.93. The van der Waals surface area contributed by atoms with Gasteiger partial charge in [0.1, 0.15) is 0 Å². The average Bonchev–Trinajstić information content (AvgIpc) is 2.70. The topological polar surface area (TPSA) is 74.9 Å². The number of aromatic nitrogens is 2. The maximum absolute atomic E-state index is 12.0. The third kappa shape index (κ3) is 3.43. The van der Waals surface area contributed by atoms with Gasteiger partial charge < -0.3 is 10.0 Å². The summed E-state index contributed by atoms with van der Waals surface area (Å²) in [5.74, 6) is -0.787. The molecule has 2 aromatic heterocycles. The smallest absolute Gasteiger partial charge is 0.303 e. The maximum Gasteiger partial charge on any atom is 0.303 e. The van der Waals surface area contributed by atoms with E-state index < -0.39 is 5.97 Å². The number of thiazole rings is 1. The van der Waals surface area contributed by atoms with Gasteiger partial charge in [0.05, 0.1) is 5.69 Å². The normalized spacial score (nSPS) is 11.3. The molecule has 2 aromatic rings. The van der Waals surface area contributed by atoms with Crippen LogP contribution in [0.5, 0.6) is 0 Å². The second kappa shape index (κ2) is 6.15. The molecule has 7 heteroatoms. The Morgan fingerprint density at radius 1 is 1.55 bits per heavy atom. The average molecular weight is 295 g/mol. The van der Waals surface area contributed by atoms with Crippen LogP contribution in [0.1, 0.15) is 24.2 Å². The number of carboxylic acids is 1. The molecule has 2 heterocycles. The number of nitrogens with zero attached hydrogens (tertiary/aromatic N) is 3. The summed E-state index contributed by atoms with van der Waals surface area (Å²) >= 11 is 1.45. The molecular formula is C13H17N3O3S. The van der Waals surface area contributed by atoms with Crippen molar-refractivity contribution >= 4 is 22.3 Å². The van der Waals surface area contributed by atoms with Crippen molar-refractivity contribution in [3.8, 4) is 0 Å². The highest BCUT2D eigenvalue weighted by molar-refractivity contribution is 7.15. The van der Waals surface area contributed by atoms with Gasteiger partial charge in [-0.15, -0.1) is 11.3 Å². The molecule has 0 aliphatic rings. The molecule has 0 unspecified atom stereocenters. The zero-order valence-corrected chi connectivity index (χ0v) is 12.3. The minimum atomic E-state index is -0.787. The minimum Gasteiger partial charge on any atom is -0.481 e. The van der Waals surface area contributed by atoms with Gasteiger partial charge in [-0.3, -0.25) is 14.0 Å². The first-order valence-corrected chi connectivity index (χ1v) is 7.22. The van der Waals surface area contributed by atoms with Gasteiger partial charge in [-0.05, 0) is 26.9 Å². The van der Waals surface area contributed by atoms with Crippen LogP contribution in [-0.4, -0.2) is 39.0 Å². The van der Waals surface area contributed by atoms with E-state index in [0.717, 1.165) is 11.4 Å². The summed E-state index contributed by atoms with van der Waals surface area (Å²) in [7, 11) is 1.89. The lowest BCUT2D eigenvalue weighted by Gasteiger charge is -2.15. The number of carboxylic acid groups (broad SMARTS) is 1. The molecule has 0 radical (unpaired) electrons. The quantitative estimate of drug-likeness (QED) is 0.871. The number of fused-ring (bicyclic) bond motifs is 1. The number of aryl methyl sites for hydroxylation is 1. The van der Waals surface area contributed by atoms with E-state index in [2.05, 4.69) is 4.98 Å². The largest absolute Gasteiger partial charge is 0.481 e. The lowest BCUT2D eigenvalue weighted by Crippen LogP contribution is -2.23. The Balaban J connectivity index is 2.06. The molecule has 0 fully saturated rings. The van der Waals surface area contributed by atoms with Crippen LogP contribution in [0.25, 0.3) is 4.96 Å². The Morgan fingerprint density at radius 2 is 2.30 bits per heavy atom. The Bertz CT molecular complexity index is 677. The SMILES string of the molecule is Cc1csc2nc(CN(C)CCCC(=O)O)cc(=O)n12. The van der Waals surface area contributed by atoms with Crippen LogP contribution in [0.3, 0.4) is 0 Å². The van der Waals surface area contributed by atoms with E-state index in [9.17, 15) is 9.59 Å². The molecule has 0 aliphatic carbocycles. The highest BCUT2D eigenvalue weighted by Gasteiger charge is 2.08. The van der Waals surface area contributed by atoms with Gasteiger partial charge in [-0.25, -0.2) is 4.98 Å². The van der Waals surface area contributed by atoms with Crippen LogP contribution >= 0.6 is 11.3 Å². The summed E-state index contributed by atoms with van der Waals surface area (Å²) in [5.41, 5.74) is 1.54. The van der Waals surface area contributed by atoms with Crippen molar-refractivity contribution < 1.29 is 9.90 Å². The van der Waals surface area contributed by atoms with Gasteiger partial charge in [0.2, 0.25) is 0 Å². The maximum atomic E-state index is 12.0. The summed E-state index contributed by atoms with van der Waals surface area (Å²) in [6.45, 7) is 3.09. The number of carbonyl (C=O) groups is 1. The molecule has 6 nitrogen and oxygen atoms in total. The van der Waals surface area contributed by atoms with Crippen LogP contribution in [-0.2, 0) is 11.3 Å². The first-order valence-electron chi connectivity index (χ1n) is 6.34. The Morgan fingerprint density at radius 3 is 3.00 bits per heavy atom. The number of rotatable bonds is 6. The zero-order valence-electron chi connectivity index (χ0n) is 11.5. The minimum absolute atomic E-state index is 0.0670. The van der Waals surface area contributed by atoms with E-state index in [0.29, 0.717) is 24.5 Å². The standard InChI is InChI=1S/C13H17N3O3S/c1-9-8-20-13-14-10(6-11(17)16(9)13)7-15(2)5-3-4-12(18)19/h6,8H,3-5,7H2,1-2H3,(H,18,19). The second-order valence-electron chi connectivity index (χ2n) is 4.82. The Hall–Kier alpha value is -1.73. The molecule has 0 saturated carbocycles. The fourth-order valence-corrected chi connectivity index (χ4v) is 2.93. The molecule has 2 rings (SSSR count). The zero-order chi connectivity index (χ0) is 14.7. The van der Waals surface area contributed by atoms with E-state index in [1.54, 1.807) is 10.5 Å². The third-order valence-electron chi connectivity index (χ3n) is 2.99. The molecule has 0 aromatic carbocycles. The molecule has 0 bridgehead atoms. The van der Waals surface area contributed by atoms with Gasteiger partial charge in [0.25, 0.3) is 5.56 Å². The van der Waals surface area contributed by atoms with Crippen molar-refractivity contribution in [1.29, 1.82) is 0 Å². The van der Waals surface area contributed by atoms with Crippen molar-refractivity contribution in [3.63, 3.8) is 0 Å². The van der Waals surface area contributed by atoms with Gasteiger partial charge in [-0.2, -0.15) is 0 Å². The summed E-state index contributed by atoms with van der Waals surface area (Å²) < 4.78 is 1.60. The summed E-state index contributed by atoms with van der Waals surface area (Å²) in [6.07, 6.45) is 0.745. The molecule has 1 N–H and O–H groups in total. The Labute approximate surface area is 120 Å². The molecule has 0 aliphatic heterocycles. The van der Waals surface area contributed by atoms with Crippen LogP contribution < -0.4 is 5.56 Å². The molecule has 20 heavy (non-hydrogen) atoms. The number of hydrogen-bond donors (Lipinski definition) is 1. The predicted molar refractivity (Wildman–Crippen MR) is 77.3 cm³/mol. The molecular weight excluding hydrogens is 278 g/mol. The van der Waals surface area contributed by atoms with E-state index in [-0.39, 0.29) is 12.0 Å². The molecule has 0 spiro atoms. The first kappa shape index (κ1) is 14.7. The van der Waals surface area contributed by atoms with Crippen LogP contribution in [0.15, 0.2) is 16.2 Å². The lowest BCUT2D eigenvalue weighted by atomic mass is 10.3. The number of hydrogen-bond acceptors (Lipinski definition) is 5. The van der Waals surface area contributed by atoms with Crippen molar-refractivity contribution in [2.45, 2.75) is 26.3 Å². The first-order chi connectivity index (χ1) is 9.47. The molecule has 108 valence electrons. The fraction of sp³-hybridized carbons (Fsp3) is 0.462. The van der Waals surface area contributed by atoms with Crippen molar-refractivity contribution in [1.82, 2.24) is 14.3 Å². The van der Waals surface area contributed by atoms with Crippen molar-refractivity contribution in [2.24, 2.45) is 0 Å². The van der Waals surface area contributed by atoms with Gasteiger partial charge in [0.15, 0.2) is 4.96 Å². The Kier molecular flexibility index (Phi) is 4.51. The highest BCUT2D eigenvalue weighted by Crippen LogP contribution is 2.12. The molecule has 0 amide bonds. The lowest BCUT2D eigenvalue weighted by molar-refractivity contribution is -0.137. The van der Waals surface area contributed by atoms with E-state index in [1.807, 2.05) is 24.3 Å².